The fourth-order valence-corrected chi connectivity index (χ4v) is 2.50. The second kappa shape index (κ2) is 3.84. The molecule has 1 aliphatic heterocycles. The van der Waals surface area contributed by atoms with Gasteiger partial charge in [0.2, 0.25) is 0 Å². The number of H-pyrrole nitrogens is 1. The van der Waals surface area contributed by atoms with Crippen LogP contribution in [0, 0.1) is 0 Å². The monoisotopic (exact) mass is 229 g/mol. The second-order valence-corrected chi connectivity index (χ2v) is 5.40. The van der Waals surface area contributed by atoms with Crippen LogP contribution in [0.2, 0.25) is 0 Å². The summed E-state index contributed by atoms with van der Waals surface area (Å²) in [4.78, 5) is 10.5. The molecule has 0 aliphatic carbocycles. The van der Waals surface area contributed by atoms with Gasteiger partial charge in [-0.15, -0.1) is 0 Å². The van der Waals surface area contributed by atoms with Crippen LogP contribution in [-0.2, 0) is 13.0 Å². The lowest BCUT2D eigenvalue weighted by atomic mass is 9.99. The Bertz CT molecular complexity index is 554. The standard InChI is InChI=1S/C14H19N3/c1-9(2)14-15-12-6-10-4-5-17(3)8-11(10)7-13(12)16-14/h6-7,9H,4-5,8H2,1-3H3,(H,15,16). The molecule has 0 bridgehead atoms. The van der Waals surface area contributed by atoms with Gasteiger partial charge >= 0.3 is 0 Å². The number of aromatic nitrogens is 2. The number of nitrogens with one attached hydrogen (secondary N) is 1. The summed E-state index contributed by atoms with van der Waals surface area (Å²) in [6.07, 6.45) is 1.14. The lowest BCUT2D eigenvalue weighted by Crippen LogP contribution is -2.26. The molecule has 1 aromatic heterocycles. The van der Waals surface area contributed by atoms with Crippen LogP contribution in [0.25, 0.3) is 11.0 Å². The molecule has 2 heterocycles. The van der Waals surface area contributed by atoms with Crippen LogP contribution in [0.4, 0.5) is 0 Å². The largest absolute Gasteiger partial charge is 0.342 e. The maximum Gasteiger partial charge on any atom is 0.109 e. The van der Waals surface area contributed by atoms with Gasteiger partial charge in [-0.2, -0.15) is 0 Å². The van der Waals surface area contributed by atoms with Gasteiger partial charge in [0.15, 0.2) is 0 Å². The summed E-state index contributed by atoms with van der Waals surface area (Å²) in [7, 11) is 2.18. The van der Waals surface area contributed by atoms with Crippen molar-refractivity contribution >= 4 is 11.0 Å². The molecule has 17 heavy (non-hydrogen) atoms. The van der Waals surface area contributed by atoms with Crippen LogP contribution in [0.5, 0.6) is 0 Å². The molecule has 0 unspecified atom stereocenters. The zero-order chi connectivity index (χ0) is 12.0. The van der Waals surface area contributed by atoms with E-state index in [1.165, 1.54) is 16.6 Å². The quantitative estimate of drug-likeness (QED) is 0.815. The van der Waals surface area contributed by atoms with Crippen molar-refractivity contribution in [2.75, 3.05) is 13.6 Å². The number of imidazole rings is 1. The van der Waals surface area contributed by atoms with Crippen molar-refractivity contribution in [3.63, 3.8) is 0 Å². The Morgan fingerprint density at radius 3 is 2.88 bits per heavy atom. The van der Waals surface area contributed by atoms with Crippen molar-refractivity contribution < 1.29 is 0 Å². The third-order valence-corrected chi connectivity index (χ3v) is 3.57. The smallest absolute Gasteiger partial charge is 0.109 e. The van der Waals surface area contributed by atoms with Crippen LogP contribution in [0.3, 0.4) is 0 Å². The van der Waals surface area contributed by atoms with Crippen molar-refractivity contribution in [2.45, 2.75) is 32.7 Å². The SMILES string of the molecule is CC(C)c1nc2cc3c(cc2[nH]1)CN(C)CC3. The number of likely N-dealkylation sites (N-methyl/N-ethyl adjacent to an activating group) is 1. The van der Waals surface area contributed by atoms with Crippen molar-refractivity contribution in [3.8, 4) is 0 Å². The average molecular weight is 229 g/mol. The Morgan fingerprint density at radius 2 is 2.12 bits per heavy atom. The molecule has 0 saturated carbocycles. The molecule has 0 saturated heterocycles. The van der Waals surface area contributed by atoms with Crippen LogP contribution >= 0.6 is 0 Å². The predicted molar refractivity (Wildman–Crippen MR) is 70.2 cm³/mol. The number of nitrogens with zero attached hydrogens (tertiary/aromatic N) is 2. The van der Waals surface area contributed by atoms with E-state index in [-0.39, 0.29) is 0 Å². The summed E-state index contributed by atoms with van der Waals surface area (Å²) in [5.41, 5.74) is 5.22. The van der Waals surface area contributed by atoms with Crippen LogP contribution < -0.4 is 0 Å². The van der Waals surface area contributed by atoms with E-state index in [1.807, 2.05) is 0 Å². The first kappa shape index (κ1) is 10.8. The first-order valence-corrected chi connectivity index (χ1v) is 6.33. The molecule has 3 heteroatoms. The van der Waals surface area contributed by atoms with E-state index < -0.39 is 0 Å². The van der Waals surface area contributed by atoms with Crippen LogP contribution in [0.1, 0.15) is 36.7 Å². The van der Waals surface area contributed by atoms with Gasteiger partial charge in [0.1, 0.15) is 5.82 Å². The Kier molecular flexibility index (Phi) is 2.44. The van der Waals surface area contributed by atoms with Crippen molar-refractivity contribution in [3.05, 3.63) is 29.1 Å². The zero-order valence-electron chi connectivity index (χ0n) is 10.7. The molecule has 0 fully saturated rings. The fourth-order valence-electron chi connectivity index (χ4n) is 2.50. The molecule has 0 atom stereocenters. The van der Waals surface area contributed by atoms with E-state index in [1.54, 1.807) is 0 Å². The van der Waals surface area contributed by atoms with Gasteiger partial charge < -0.3 is 9.88 Å². The number of benzene rings is 1. The second-order valence-electron chi connectivity index (χ2n) is 5.40. The van der Waals surface area contributed by atoms with E-state index in [9.17, 15) is 0 Å². The van der Waals surface area contributed by atoms with Gasteiger partial charge in [-0.1, -0.05) is 13.8 Å². The first-order chi connectivity index (χ1) is 8.13. The Morgan fingerprint density at radius 1 is 1.29 bits per heavy atom. The minimum atomic E-state index is 0.460. The summed E-state index contributed by atoms with van der Waals surface area (Å²) in [6.45, 7) is 6.55. The molecule has 1 N–H and O–H groups in total. The average Bonchev–Trinajstić information content (AvgIpc) is 2.68. The normalized spacial score (nSPS) is 16.7. The molecule has 90 valence electrons. The van der Waals surface area contributed by atoms with Crippen LogP contribution in [-0.4, -0.2) is 28.5 Å². The number of hydrogen-bond acceptors (Lipinski definition) is 2. The Labute approximate surface area is 102 Å². The Balaban J connectivity index is 2.12. The Hall–Kier alpha value is -1.35. The van der Waals surface area contributed by atoms with Gasteiger partial charge in [0, 0.05) is 19.0 Å². The topological polar surface area (TPSA) is 31.9 Å². The highest BCUT2D eigenvalue weighted by Gasteiger charge is 2.15. The molecule has 2 aromatic rings. The molecule has 0 amide bonds. The predicted octanol–water partition coefficient (Wildman–Crippen LogP) is 2.67. The maximum atomic E-state index is 4.67. The van der Waals surface area contributed by atoms with E-state index >= 15 is 0 Å². The summed E-state index contributed by atoms with van der Waals surface area (Å²) >= 11 is 0. The fraction of sp³-hybridized carbons (Fsp3) is 0.500. The maximum absolute atomic E-state index is 4.67. The number of rotatable bonds is 1. The van der Waals surface area contributed by atoms with Crippen molar-refractivity contribution in [1.29, 1.82) is 0 Å². The molecule has 0 spiro atoms. The first-order valence-electron chi connectivity index (χ1n) is 6.33. The summed E-state index contributed by atoms with van der Waals surface area (Å²) < 4.78 is 0. The van der Waals surface area contributed by atoms with Gasteiger partial charge in [-0.05, 0) is 36.7 Å². The highest BCUT2D eigenvalue weighted by atomic mass is 15.1. The zero-order valence-corrected chi connectivity index (χ0v) is 10.7. The molecule has 1 aromatic carbocycles. The van der Waals surface area contributed by atoms with Gasteiger partial charge in [-0.3, -0.25) is 0 Å². The van der Waals surface area contributed by atoms with Crippen molar-refractivity contribution in [1.82, 2.24) is 14.9 Å². The van der Waals surface area contributed by atoms with Gasteiger partial charge in [0.05, 0.1) is 11.0 Å². The van der Waals surface area contributed by atoms with E-state index in [2.05, 4.69) is 47.9 Å². The lowest BCUT2D eigenvalue weighted by Gasteiger charge is -2.24. The molecule has 1 aliphatic rings. The minimum Gasteiger partial charge on any atom is -0.342 e. The van der Waals surface area contributed by atoms with Crippen LogP contribution in [0.15, 0.2) is 12.1 Å². The highest BCUT2D eigenvalue weighted by molar-refractivity contribution is 5.77. The van der Waals surface area contributed by atoms with Gasteiger partial charge in [-0.25, -0.2) is 4.98 Å². The summed E-state index contributed by atoms with van der Waals surface area (Å²) in [6, 6.07) is 4.54. The number of fused-ring (bicyclic) bond motifs is 2. The lowest BCUT2D eigenvalue weighted by molar-refractivity contribution is 0.313. The third kappa shape index (κ3) is 1.84. The number of aromatic amines is 1. The number of hydrogen-bond donors (Lipinski definition) is 1. The molecular formula is C14H19N3. The molecule has 3 nitrogen and oxygen atoms in total. The van der Waals surface area contributed by atoms with E-state index in [4.69, 9.17) is 0 Å². The molecule has 0 radical (unpaired) electrons. The summed E-state index contributed by atoms with van der Waals surface area (Å²) in [5, 5.41) is 0. The molecular weight excluding hydrogens is 210 g/mol. The van der Waals surface area contributed by atoms with Crippen molar-refractivity contribution in [2.24, 2.45) is 0 Å². The molecule has 3 rings (SSSR count). The van der Waals surface area contributed by atoms with E-state index in [0.717, 1.165) is 30.9 Å². The highest BCUT2D eigenvalue weighted by Crippen LogP contribution is 2.25. The summed E-state index contributed by atoms with van der Waals surface area (Å²) in [5.74, 6) is 1.55. The van der Waals surface area contributed by atoms with E-state index in [0.29, 0.717) is 5.92 Å². The third-order valence-electron chi connectivity index (χ3n) is 3.57. The minimum absolute atomic E-state index is 0.460. The van der Waals surface area contributed by atoms with Gasteiger partial charge in [0.25, 0.3) is 0 Å².